The zero-order chi connectivity index (χ0) is 18.4. The van der Waals surface area contributed by atoms with Crippen LogP contribution in [0.25, 0.3) is 0 Å². The van der Waals surface area contributed by atoms with Crippen molar-refractivity contribution in [3.8, 4) is 0 Å². The van der Waals surface area contributed by atoms with E-state index in [1.807, 2.05) is 41.2 Å². The fourth-order valence-corrected chi connectivity index (χ4v) is 2.84. The Kier molecular flexibility index (Phi) is 5.73. The molecule has 0 radical (unpaired) electrons. The van der Waals surface area contributed by atoms with Crippen LogP contribution in [0.1, 0.15) is 12.5 Å². The van der Waals surface area contributed by atoms with E-state index < -0.39 is 0 Å². The van der Waals surface area contributed by atoms with Gasteiger partial charge in [-0.1, -0.05) is 12.1 Å². The van der Waals surface area contributed by atoms with Crippen molar-refractivity contribution in [2.45, 2.75) is 13.5 Å². The topological polar surface area (TPSA) is 79.7 Å². The van der Waals surface area contributed by atoms with Crippen LogP contribution < -0.4 is 5.32 Å². The van der Waals surface area contributed by atoms with Crippen molar-refractivity contribution in [3.05, 3.63) is 48.3 Å². The highest BCUT2D eigenvalue weighted by Gasteiger charge is 2.24. The van der Waals surface area contributed by atoms with Gasteiger partial charge >= 0.3 is 12.1 Å². The van der Waals surface area contributed by atoms with Crippen LogP contribution in [0.4, 0.5) is 15.3 Å². The predicted molar refractivity (Wildman–Crippen MR) is 97.0 cm³/mol. The van der Waals surface area contributed by atoms with E-state index in [4.69, 9.17) is 4.74 Å². The first-order valence-corrected chi connectivity index (χ1v) is 8.69. The van der Waals surface area contributed by atoms with Crippen molar-refractivity contribution in [2.75, 3.05) is 38.1 Å². The smallest absolute Gasteiger partial charge is 0.409 e. The van der Waals surface area contributed by atoms with Crippen LogP contribution >= 0.6 is 0 Å². The fourth-order valence-electron chi connectivity index (χ4n) is 2.84. The fraction of sp³-hybridized carbons (Fsp3) is 0.389. The van der Waals surface area contributed by atoms with Crippen molar-refractivity contribution >= 4 is 17.8 Å². The predicted octanol–water partition coefficient (Wildman–Crippen LogP) is 2.24. The van der Waals surface area contributed by atoms with Gasteiger partial charge < -0.3 is 19.9 Å². The minimum absolute atomic E-state index is 0.162. The maximum Gasteiger partial charge on any atom is 0.409 e. The summed E-state index contributed by atoms with van der Waals surface area (Å²) in [4.78, 5) is 27.5. The SMILES string of the molecule is CCOC(=O)N1CCN(C(=O)Nc2cccc(Cn3cccn3)c2)CC1. The number of ether oxygens (including phenoxy) is 1. The monoisotopic (exact) mass is 357 g/mol. The standard InChI is InChI=1S/C18H23N5O3/c1-2-26-18(25)22-11-9-21(10-12-22)17(24)20-16-6-3-5-15(13-16)14-23-8-4-7-19-23/h3-8,13H,2,9-12,14H2,1H3,(H,20,24). The number of anilines is 1. The Morgan fingerprint density at radius 3 is 2.62 bits per heavy atom. The van der Waals surface area contributed by atoms with E-state index in [1.165, 1.54) is 0 Å². The highest BCUT2D eigenvalue weighted by Crippen LogP contribution is 2.13. The van der Waals surface area contributed by atoms with Gasteiger partial charge in [0.1, 0.15) is 0 Å². The van der Waals surface area contributed by atoms with Crippen LogP contribution in [0.3, 0.4) is 0 Å². The van der Waals surface area contributed by atoms with Gasteiger partial charge in [-0.25, -0.2) is 9.59 Å². The molecule has 1 saturated heterocycles. The van der Waals surface area contributed by atoms with Gasteiger partial charge in [-0.15, -0.1) is 0 Å². The molecule has 1 aromatic heterocycles. The third kappa shape index (κ3) is 4.53. The van der Waals surface area contributed by atoms with Crippen molar-refractivity contribution in [1.29, 1.82) is 0 Å². The molecule has 1 fully saturated rings. The van der Waals surface area contributed by atoms with E-state index in [1.54, 1.807) is 22.9 Å². The average Bonchev–Trinajstić information content (AvgIpc) is 3.15. The third-order valence-corrected chi connectivity index (χ3v) is 4.17. The molecule has 0 atom stereocenters. The van der Waals surface area contributed by atoms with E-state index in [9.17, 15) is 9.59 Å². The van der Waals surface area contributed by atoms with Crippen molar-refractivity contribution < 1.29 is 14.3 Å². The number of carbonyl (C=O) groups excluding carboxylic acids is 2. The number of amides is 3. The normalized spacial score (nSPS) is 14.2. The highest BCUT2D eigenvalue weighted by atomic mass is 16.6. The molecule has 0 unspecified atom stereocenters. The van der Waals surface area contributed by atoms with Gasteiger partial charge in [-0.05, 0) is 30.7 Å². The van der Waals surface area contributed by atoms with Crippen LogP contribution in [0, 0.1) is 0 Å². The van der Waals surface area contributed by atoms with Crippen LogP contribution in [0.15, 0.2) is 42.7 Å². The average molecular weight is 357 g/mol. The molecular weight excluding hydrogens is 334 g/mol. The minimum Gasteiger partial charge on any atom is -0.450 e. The Hall–Kier alpha value is -3.03. The lowest BCUT2D eigenvalue weighted by molar-refractivity contribution is 0.0868. The molecule has 3 rings (SSSR count). The van der Waals surface area contributed by atoms with Gasteiger partial charge in [0.2, 0.25) is 0 Å². The summed E-state index contributed by atoms with van der Waals surface area (Å²) in [6, 6.07) is 9.42. The van der Waals surface area contributed by atoms with Gasteiger partial charge in [-0.2, -0.15) is 5.10 Å². The molecule has 0 aliphatic carbocycles. The number of nitrogens with zero attached hydrogens (tertiary/aromatic N) is 4. The first-order valence-electron chi connectivity index (χ1n) is 8.69. The van der Waals surface area contributed by atoms with Crippen LogP contribution in [-0.4, -0.2) is 64.5 Å². The lowest BCUT2D eigenvalue weighted by Gasteiger charge is -2.34. The molecule has 26 heavy (non-hydrogen) atoms. The number of urea groups is 1. The number of rotatable bonds is 4. The maximum absolute atomic E-state index is 12.5. The molecule has 2 heterocycles. The van der Waals surface area contributed by atoms with Crippen molar-refractivity contribution in [3.63, 3.8) is 0 Å². The van der Waals surface area contributed by atoms with Gasteiger partial charge in [0.15, 0.2) is 0 Å². The number of piperazine rings is 1. The molecule has 0 bridgehead atoms. The number of hydrogen-bond acceptors (Lipinski definition) is 4. The molecule has 0 spiro atoms. The lowest BCUT2D eigenvalue weighted by Crippen LogP contribution is -2.51. The molecule has 2 aromatic rings. The van der Waals surface area contributed by atoms with Crippen LogP contribution in [0.2, 0.25) is 0 Å². The minimum atomic E-state index is -0.320. The summed E-state index contributed by atoms with van der Waals surface area (Å²) in [7, 11) is 0. The zero-order valence-corrected chi connectivity index (χ0v) is 14.8. The second-order valence-corrected chi connectivity index (χ2v) is 6.01. The molecule has 3 amide bonds. The summed E-state index contributed by atoms with van der Waals surface area (Å²) in [5.41, 5.74) is 1.80. The van der Waals surface area contributed by atoms with E-state index in [2.05, 4.69) is 10.4 Å². The van der Waals surface area contributed by atoms with Crippen LogP contribution in [0.5, 0.6) is 0 Å². The van der Waals surface area contributed by atoms with Crippen molar-refractivity contribution in [2.24, 2.45) is 0 Å². The number of nitrogens with one attached hydrogen (secondary N) is 1. The molecule has 1 aliphatic heterocycles. The number of aromatic nitrogens is 2. The van der Waals surface area contributed by atoms with E-state index in [0.717, 1.165) is 11.3 Å². The Morgan fingerprint density at radius 1 is 1.15 bits per heavy atom. The van der Waals surface area contributed by atoms with E-state index in [-0.39, 0.29) is 12.1 Å². The van der Waals surface area contributed by atoms with Gasteiger partial charge in [-0.3, -0.25) is 4.68 Å². The van der Waals surface area contributed by atoms with Gasteiger partial charge in [0.05, 0.1) is 13.2 Å². The largest absolute Gasteiger partial charge is 0.450 e. The van der Waals surface area contributed by atoms with Crippen LogP contribution in [-0.2, 0) is 11.3 Å². The molecule has 1 aromatic carbocycles. The third-order valence-electron chi connectivity index (χ3n) is 4.17. The second kappa shape index (κ2) is 8.37. The zero-order valence-electron chi connectivity index (χ0n) is 14.8. The molecule has 1 N–H and O–H groups in total. The molecule has 8 heteroatoms. The highest BCUT2D eigenvalue weighted by molar-refractivity contribution is 5.89. The Balaban J connectivity index is 1.53. The lowest BCUT2D eigenvalue weighted by atomic mass is 10.2. The Morgan fingerprint density at radius 2 is 1.92 bits per heavy atom. The molecular formula is C18H23N5O3. The number of benzene rings is 1. The summed E-state index contributed by atoms with van der Waals surface area (Å²) < 4.78 is 6.82. The number of carbonyl (C=O) groups is 2. The van der Waals surface area contributed by atoms with Gasteiger partial charge in [0, 0.05) is 44.3 Å². The molecule has 138 valence electrons. The first-order chi connectivity index (χ1) is 12.7. The second-order valence-electron chi connectivity index (χ2n) is 6.01. The molecule has 1 aliphatic rings. The maximum atomic E-state index is 12.5. The Labute approximate surface area is 152 Å². The summed E-state index contributed by atoms with van der Waals surface area (Å²) in [5.74, 6) is 0. The summed E-state index contributed by atoms with van der Waals surface area (Å²) in [6.45, 7) is 4.71. The van der Waals surface area contributed by atoms with E-state index in [0.29, 0.717) is 39.3 Å². The molecule has 8 nitrogen and oxygen atoms in total. The van der Waals surface area contributed by atoms with Gasteiger partial charge in [0.25, 0.3) is 0 Å². The quantitative estimate of drug-likeness (QED) is 0.910. The first kappa shape index (κ1) is 17.8. The van der Waals surface area contributed by atoms with Crippen molar-refractivity contribution in [1.82, 2.24) is 19.6 Å². The van der Waals surface area contributed by atoms with E-state index >= 15 is 0 Å². The Bertz CT molecular complexity index is 739. The summed E-state index contributed by atoms with van der Waals surface area (Å²) >= 11 is 0. The summed E-state index contributed by atoms with van der Waals surface area (Å²) in [5, 5.41) is 7.11. The summed E-state index contributed by atoms with van der Waals surface area (Å²) in [6.07, 6.45) is 3.31. The number of hydrogen-bond donors (Lipinski definition) is 1. The molecule has 0 saturated carbocycles.